The summed E-state index contributed by atoms with van der Waals surface area (Å²) >= 11 is 0. The van der Waals surface area contributed by atoms with Crippen LogP contribution in [0.2, 0.25) is 0 Å². The predicted octanol–water partition coefficient (Wildman–Crippen LogP) is 3.93. The zero-order valence-corrected chi connectivity index (χ0v) is 14.5. The molecule has 0 saturated carbocycles. The minimum absolute atomic E-state index is 0.156. The van der Waals surface area contributed by atoms with Gasteiger partial charge in [0.15, 0.2) is 0 Å². The Balaban J connectivity index is 2.08. The van der Waals surface area contributed by atoms with Gasteiger partial charge in [0, 0.05) is 24.4 Å². The summed E-state index contributed by atoms with van der Waals surface area (Å²) in [6.07, 6.45) is 6.98. The van der Waals surface area contributed by atoms with Crippen molar-refractivity contribution in [3.05, 3.63) is 78.1 Å². The molecule has 3 aromatic rings. The number of rotatable bonds is 5. The fraction of sp³-hybridized carbons (Fsp3) is 0.143. The molecule has 0 saturated heterocycles. The van der Waals surface area contributed by atoms with Crippen LogP contribution in [0.5, 0.6) is 0 Å². The fourth-order valence-corrected chi connectivity index (χ4v) is 2.63. The number of hydrogen-bond donors (Lipinski definition) is 1. The first-order valence-corrected chi connectivity index (χ1v) is 8.21. The molecule has 0 atom stereocenters. The van der Waals surface area contributed by atoms with Crippen molar-refractivity contribution in [3.63, 3.8) is 0 Å². The number of nitrogens with zero attached hydrogens (tertiary/aromatic N) is 2. The maximum atomic E-state index is 11.9. The van der Waals surface area contributed by atoms with Crippen molar-refractivity contribution in [1.82, 2.24) is 14.7 Å². The maximum Gasteiger partial charge on any atom is 0.244 e. The van der Waals surface area contributed by atoms with Crippen molar-refractivity contribution < 1.29 is 4.79 Å². The van der Waals surface area contributed by atoms with Crippen molar-refractivity contribution >= 4 is 17.6 Å². The molecule has 1 aromatic carbocycles. The summed E-state index contributed by atoms with van der Waals surface area (Å²) in [5.41, 5.74) is 5.97. The van der Waals surface area contributed by atoms with Crippen molar-refractivity contribution in [3.8, 4) is 11.3 Å². The Hall–Kier alpha value is -3.14. The highest BCUT2D eigenvalue weighted by molar-refractivity contribution is 5.93. The van der Waals surface area contributed by atoms with Gasteiger partial charge in [-0.1, -0.05) is 35.9 Å². The highest BCUT2D eigenvalue weighted by Crippen LogP contribution is 2.26. The highest BCUT2D eigenvalue weighted by atomic mass is 16.1. The molecule has 3 rings (SSSR count). The van der Waals surface area contributed by atoms with Gasteiger partial charge in [0.25, 0.3) is 0 Å². The highest BCUT2D eigenvalue weighted by Gasteiger charge is 2.12. The van der Waals surface area contributed by atoms with E-state index in [0.717, 1.165) is 28.2 Å². The minimum Gasteiger partial charge on any atom is -0.349 e. The zero-order chi connectivity index (χ0) is 17.8. The van der Waals surface area contributed by atoms with Crippen molar-refractivity contribution in [2.75, 3.05) is 6.54 Å². The molecule has 0 aliphatic heterocycles. The van der Waals surface area contributed by atoms with E-state index in [4.69, 9.17) is 4.98 Å². The molecule has 25 heavy (non-hydrogen) atoms. The molecule has 2 heterocycles. The summed E-state index contributed by atoms with van der Waals surface area (Å²) < 4.78 is 2.00. The van der Waals surface area contributed by atoms with E-state index in [1.807, 2.05) is 35.7 Å². The third kappa shape index (κ3) is 3.69. The molecule has 1 N–H and O–H groups in total. The first-order valence-electron chi connectivity index (χ1n) is 8.21. The lowest BCUT2D eigenvalue weighted by Crippen LogP contribution is -2.20. The number of aromatic nitrogens is 2. The Morgan fingerprint density at radius 2 is 1.96 bits per heavy atom. The third-order valence-corrected chi connectivity index (χ3v) is 3.96. The minimum atomic E-state index is -0.156. The molecule has 0 aliphatic carbocycles. The quantitative estimate of drug-likeness (QED) is 0.569. The molecule has 4 nitrogen and oxygen atoms in total. The van der Waals surface area contributed by atoms with Crippen molar-refractivity contribution in [2.45, 2.75) is 13.8 Å². The average Bonchev–Trinajstić information content (AvgIpc) is 2.96. The molecule has 1 amide bonds. The van der Waals surface area contributed by atoms with Crippen LogP contribution >= 0.6 is 0 Å². The molecular formula is C21H21N3O. The van der Waals surface area contributed by atoms with E-state index in [0.29, 0.717) is 6.54 Å². The van der Waals surface area contributed by atoms with E-state index in [-0.39, 0.29) is 5.91 Å². The number of benzene rings is 1. The summed E-state index contributed by atoms with van der Waals surface area (Å²) in [5, 5.41) is 2.75. The van der Waals surface area contributed by atoms with Crippen LogP contribution in [0.15, 0.2) is 61.3 Å². The summed E-state index contributed by atoms with van der Waals surface area (Å²) in [6, 6.07) is 12.3. The monoisotopic (exact) mass is 331 g/mol. The van der Waals surface area contributed by atoms with E-state index in [1.165, 1.54) is 11.6 Å². The van der Waals surface area contributed by atoms with E-state index in [1.54, 1.807) is 6.08 Å². The Labute approximate surface area is 147 Å². The lowest BCUT2D eigenvalue weighted by Gasteiger charge is -2.02. The van der Waals surface area contributed by atoms with Gasteiger partial charge in [-0.2, -0.15) is 0 Å². The number of imidazole rings is 1. The van der Waals surface area contributed by atoms with Crippen LogP contribution in [-0.4, -0.2) is 21.8 Å². The second-order valence-electron chi connectivity index (χ2n) is 6.01. The van der Waals surface area contributed by atoms with Crippen LogP contribution in [0, 0.1) is 13.8 Å². The van der Waals surface area contributed by atoms with Crippen LogP contribution in [0.25, 0.3) is 23.0 Å². The summed E-state index contributed by atoms with van der Waals surface area (Å²) in [6.45, 7) is 8.14. The molecular weight excluding hydrogens is 310 g/mol. The van der Waals surface area contributed by atoms with E-state index >= 15 is 0 Å². The normalized spacial score (nSPS) is 11.1. The smallest absolute Gasteiger partial charge is 0.244 e. The molecule has 0 bridgehead atoms. The van der Waals surface area contributed by atoms with Crippen LogP contribution in [0.4, 0.5) is 0 Å². The lowest BCUT2D eigenvalue weighted by molar-refractivity contribution is -0.116. The molecule has 126 valence electrons. The van der Waals surface area contributed by atoms with Crippen LogP contribution in [0.1, 0.15) is 16.8 Å². The number of fused-ring (bicyclic) bond motifs is 1. The first kappa shape index (κ1) is 16.7. The Morgan fingerprint density at radius 3 is 2.68 bits per heavy atom. The van der Waals surface area contributed by atoms with Gasteiger partial charge in [0.1, 0.15) is 5.65 Å². The third-order valence-electron chi connectivity index (χ3n) is 3.96. The molecule has 0 aliphatic rings. The molecule has 0 fully saturated rings. The number of aryl methyl sites for hydroxylation is 2. The Bertz CT molecular complexity index is 949. The van der Waals surface area contributed by atoms with Crippen LogP contribution in [-0.2, 0) is 4.79 Å². The second-order valence-corrected chi connectivity index (χ2v) is 6.01. The van der Waals surface area contributed by atoms with E-state index in [2.05, 4.69) is 43.1 Å². The van der Waals surface area contributed by atoms with Crippen LogP contribution in [0.3, 0.4) is 0 Å². The van der Waals surface area contributed by atoms with Crippen LogP contribution < -0.4 is 5.32 Å². The van der Waals surface area contributed by atoms with E-state index < -0.39 is 0 Å². The Morgan fingerprint density at radius 1 is 1.20 bits per heavy atom. The fourth-order valence-electron chi connectivity index (χ4n) is 2.63. The van der Waals surface area contributed by atoms with Gasteiger partial charge < -0.3 is 5.32 Å². The number of nitrogens with one attached hydrogen (secondary N) is 1. The SMILES string of the molecule is C=CCNC(=O)/C=C/c1c(-c2ccc(C)cc2)nc2cc(C)ccn12. The summed E-state index contributed by atoms with van der Waals surface area (Å²) in [4.78, 5) is 16.7. The first-order chi connectivity index (χ1) is 12.1. The summed E-state index contributed by atoms with van der Waals surface area (Å²) in [5.74, 6) is -0.156. The molecule has 2 aromatic heterocycles. The molecule has 0 unspecified atom stereocenters. The van der Waals surface area contributed by atoms with Crippen molar-refractivity contribution in [1.29, 1.82) is 0 Å². The van der Waals surface area contributed by atoms with Gasteiger partial charge in [-0.05, 0) is 37.6 Å². The number of hydrogen-bond acceptors (Lipinski definition) is 2. The van der Waals surface area contributed by atoms with Crippen molar-refractivity contribution in [2.24, 2.45) is 0 Å². The number of amides is 1. The second kappa shape index (κ2) is 7.18. The topological polar surface area (TPSA) is 46.4 Å². The van der Waals surface area contributed by atoms with Gasteiger partial charge in [-0.3, -0.25) is 9.20 Å². The van der Waals surface area contributed by atoms with Gasteiger partial charge in [-0.25, -0.2) is 4.98 Å². The molecule has 4 heteroatoms. The van der Waals surface area contributed by atoms with Gasteiger partial charge >= 0.3 is 0 Å². The standard InChI is InChI=1S/C21H21N3O/c1-4-12-22-20(25)10-9-18-21(17-7-5-15(2)6-8-17)23-19-14-16(3)11-13-24(18)19/h4-11,13-14H,1,12H2,2-3H3,(H,22,25)/b10-9+. The predicted molar refractivity (Wildman–Crippen MR) is 102 cm³/mol. The molecule has 0 spiro atoms. The number of carbonyl (C=O) groups is 1. The molecule has 0 radical (unpaired) electrons. The van der Waals surface area contributed by atoms with Gasteiger partial charge in [0.05, 0.1) is 11.4 Å². The summed E-state index contributed by atoms with van der Waals surface area (Å²) in [7, 11) is 0. The zero-order valence-electron chi connectivity index (χ0n) is 14.5. The van der Waals surface area contributed by atoms with Gasteiger partial charge in [-0.15, -0.1) is 6.58 Å². The Kier molecular flexibility index (Phi) is 4.80. The number of pyridine rings is 1. The maximum absolute atomic E-state index is 11.9. The largest absolute Gasteiger partial charge is 0.349 e. The lowest BCUT2D eigenvalue weighted by atomic mass is 10.1. The van der Waals surface area contributed by atoms with Gasteiger partial charge in [0.2, 0.25) is 5.91 Å². The average molecular weight is 331 g/mol. The van der Waals surface area contributed by atoms with E-state index in [9.17, 15) is 4.79 Å². The number of carbonyl (C=O) groups excluding carboxylic acids is 1.